The van der Waals surface area contributed by atoms with Crippen molar-refractivity contribution in [3.8, 4) is 0 Å². The van der Waals surface area contributed by atoms with Crippen molar-refractivity contribution in [3.63, 3.8) is 0 Å². The van der Waals surface area contributed by atoms with Gasteiger partial charge in [-0.15, -0.1) is 0 Å². The Morgan fingerprint density at radius 1 is 0.870 bits per heavy atom. The van der Waals surface area contributed by atoms with Crippen LogP contribution in [0.15, 0.2) is 54.6 Å². The van der Waals surface area contributed by atoms with Crippen molar-refractivity contribution < 1.29 is 18.3 Å². The van der Waals surface area contributed by atoms with Gasteiger partial charge in [0.15, 0.2) is 5.69 Å². The summed E-state index contributed by atoms with van der Waals surface area (Å²) in [6.07, 6.45) is -3.68. The summed E-state index contributed by atoms with van der Waals surface area (Å²) < 4.78 is 39.6. The van der Waals surface area contributed by atoms with E-state index in [0.717, 1.165) is 6.08 Å². The van der Waals surface area contributed by atoms with Gasteiger partial charge < -0.3 is 5.11 Å². The first-order valence-electron chi connectivity index (χ1n) is 6.75. The van der Waals surface area contributed by atoms with Crippen molar-refractivity contribution in [2.45, 2.75) is 6.18 Å². The SMILES string of the molecule is O/C(=C\c1nc2ccccc2nc1C(F)(F)F)c1ccccc1. The highest BCUT2D eigenvalue weighted by Gasteiger charge is 2.36. The zero-order valence-corrected chi connectivity index (χ0v) is 11.7. The van der Waals surface area contributed by atoms with Crippen molar-refractivity contribution in [1.82, 2.24) is 9.97 Å². The lowest BCUT2D eigenvalue weighted by molar-refractivity contribution is -0.141. The van der Waals surface area contributed by atoms with Crippen LogP contribution in [0.3, 0.4) is 0 Å². The summed E-state index contributed by atoms with van der Waals surface area (Å²) in [5.74, 6) is -0.305. The molecule has 0 aliphatic heterocycles. The molecule has 6 heteroatoms. The molecule has 3 nitrogen and oxygen atoms in total. The Labute approximate surface area is 129 Å². The van der Waals surface area contributed by atoms with Gasteiger partial charge in [0.2, 0.25) is 0 Å². The average Bonchev–Trinajstić information content (AvgIpc) is 2.54. The highest BCUT2D eigenvalue weighted by atomic mass is 19.4. The van der Waals surface area contributed by atoms with Gasteiger partial charge in [0.1, 0.15) is 5.76 Å². The number of fused-ring (bicyclic) bond motifs is 1. The smallest absolute Gasteiger partial charge is 0.435 e. The predicted molar refractivity (Wildman–Crippen MR) is 81.5 cm³/mol. The molecule has 0 spiro atoms. The average molecular weight is 316 g/mol. The van der Waals surface area contributed by atoms with Crippen LogP contribution in [0.25, 0.3) is 22.9 Å². The molecule has 3 rings (SSSR count). The molecule has 0 radical (unpaired) electrons. The number of aliphatic hydroxyl groups is 1. The summed E-state index contributed by atoms with van der Waals surface area (Å²) >= 11 is 0. The van der Waals surface area contributed by atoms with E-state index < -0.39 is 17.6 Å². The van der Waals surface area contributed by atoms with E-state index >= 15 is 0 Å². The van der Waals surface area contributed by atoms with Crippen LogP contribution in [0.1, 0.15) is 17.0 Å². The molecule has 1 heterocycles. The van der Waals surface area contributed by atoms with E-state index in [1.807, 2.05) is 0 Å². The van der Waals surface area contributed by atoms with Crippen LogP contribution in [0.2, 0.25) is 0 Å². The molecule has 1 N–H and O–H groups in total. The van der Waals surface area contributed by atoms with Crippen LogP contribution < -0.4 is 0 Å². The minimum atomic E-state index is -4.67. The first-order valence-corrected chi connectivity index (χ1v) is 6.75. The fourth-order valence-electron chi connectivity index (χ4n) is 2.14. The maximum absolute atomic E-state index is 13.2. The number of aromatic nitrogens is 2. The summed E-state index contributed by atoms with van der Waals surface area (Å²) in [5, 5.41) is 10.1. The van der Waals surface area contributed by atoms with Gasteiger partial charge in [-0.25, -0.2) is 9.97 Å². The van der Waals surface area contributed by atoms with Crippen molar-refractivity contribution >= 4 is 22.9 Å². The van der Waals surface area contributed by atoms with Gasteiger partial charge >= 0.3 is 6.18 Å². The second-order valence-corrected chi connectivity index (χ2v) is 4.84. The summed E-state index contributed by atoms with van der Waals surface area (Å²) in [4.78, 5) is 7.64. The van der Waals surface area contributed by atoms with Gasteiger partial charge in [0.05, 0.1) is 16.7 Å². The first kappa shape index (κ1) is 15.0. The molecule has 0 bridgehead atoms. The first-order chi connectivity index (χ1) is 10.9. The van der Waals surface area contributed by atoms with E-state index in [-0.39, 0.29) is 11.3 Å². The number of alkyl halides is 3. The summed E-state index contributed by atoms with van der Waals surface area (Å²) in [6, 6.07) is 14.6. The van der Waals surface area contributed by atoms with E-state index in [1.54, 1.807) is 48.5 Å². The monoisotopic (exact) mass is 316 g/mol. The summed E-state index contributed by atoms with van der Waals surface area (Å²) in [6.45, 7) is 0. The van der Waals surface area contributed by atoms with Gasteiger partial charge in [-0.3, -0.25) is 0 Å². The van der Waals surface area contributed by atoms with Crippen LogP contribution in [-0.2, 0) is 6.18 Å². The lowest BCUT2D eigenvalue weighted by Crippen LogP contribution is -2.12. The molecule has 0 saturated heterocycles. The molecule has 0 aliphatic carbocycles. The molecule has 0 aliphatic rings. The molecule has 116 valence electrons. The van der Waals surface area contributed by atoms with Crippen LogP contribution in [0.4, 0.5) is 13.2 Å². The summed E-state index contributed by atoms with van der Waals surface area (Å²) in [7, 11) is 0. The van der Waals surface area contributed by atoms with Gasteiger partial charge in [0, 0.05) is 11.6 Å². The van der Waals surface area contributed by atoms with E-state index in [0.29, 0.717) is 11.1 Å². The van der Waals surface area contributed by atoms with Crippen LogP contribution >= 0.6 is 0 Å². The number of halogens is 3. The minimum absolute atomic E-state index is 0.149. The Morgan fingerprint density at radius 3 is 2.04 bits per heavy atom. The quantitative estimate of drug-likeness (QED) is 0.697. The standard InChI is InChI=1S/C17H11F3N2O/c18-17(19,20)16-14(10-15(23)11-6-2-1-3-7-11)21-12-8-4-5-9-13(12)22-16/h1-10,23H/b15-10-. The zero-order chi connectivity index (χ0) is 16.4. The molecule has 0 amide bonds. The highest BCUT2D eigenvalue weighted by Crippen LogP contribution is 2.32. The van der Waals surface area contributed by atoms with Gasteiger partial charge in [-0.2, -0.15) is 13.2 Å². The molecule has 0 unspecified atom stereocenters. The van der Waals surface area contributed by atoms with Crippen molar-refractivity contribution in [1.29, 1.82) is 0 Å². The minimum Gasteiger partial charge on any atom is -0.507 e. The number of rotatable bonds is 2. The van der Waals surface area contributed by atoms with Gasteiger partial charge in [-0.05, 0) is 12.1 Å². The molecule has 23 heavy (non-hydrogen) atoms. The molecule has 0 saturated carbocycles. The molecule has 1 aromatic heterocycles. The van der Waals surface area contributed by atoms with Gasteiger partial charge in [-0.1, -0.05) is 42.5 Å². The molecule has 2 aromatic carbocycles. The normalized spacial score (nSPS) is 12.6. The summed E-state index contributed by atoms with van der Waals surface area (Å²) in [5.41, 5.74) is -0.671. The third-order valence-corrected chi connectivity index (χ3v) is 3.21. The number of benzene rings is 2. The Morgan fingerprint density at radius 2 is 1.43 bits per heavy atom. The van der Waals surface area contributed by atoms with Crippen molar-refractivity contribution in [2.24, 2.45) is 0 Å². The Bertz CT molecular complexity index is 874. The predicted octanol–water partition coefficient (Wildman–Crippen LogP) is 4.70. The van der Waals surface area contributed by atoms with E-state index in [2.05, 4.69) is 9.97 Å². The van der Waals surface area contributed by atoms with Crippen LogP contribution in [-0.4, -0.2) is 15.1 Å². The number of aliphatic hydroxyl groups excluding tert-OH is 1. The largest absolute Gasteiger partial charge is 0.507 e. The van der Waals surface area contributed by atoms with Crippen molar-refractivity contribution in [3.05, 3.63) is 71.5 Å². The third-order valence-electron chi connectivity index (χ3n) is 3.21. The topological polar surface area (TPSA) is 46.0 Å². The molecule has 0 fully saturated rings. The maximum Gasteiger partial charge on any atom is 0.435 e. The fraction of sp³-hybridized carbons (Fsp3) is 0.0588. The second-order valence-electron chi connectivity index (χ2n) is 4.84. The molecular weight excluding hydrogens is 305 g/mol. The molecule has 3 aromatic rings. The second kappa shape index (κ2) is 5.72. The number of para-hydroxylation sites is 2. The lowest BCUT2D eigenvalue weighted by Gasteiger charge is -2.10. The molecule has 0 atom stereocenters. The van der Waals surface area contributed by atoms with E-state index in [4.69, 9.17) is 0 Å². The lowest BCUT2D eigenvalue weighted by atomic mass is 10.1. The Kier molecular flexibility index (Phi) is 3.73. The number of hydrogen-bond acceptors (Lipinski definition) is 3. The van der Waals surface area contributed by atoms with Crippen LogP contribution in [0.5, 0.6) is 0 Å². The maximum atomic E-state index is 13.2. The number of hydrogen-bond donors (Lipinski definition) is 1. The van der Waals surface area contributed by atoms with Crippen molar-refractivity contribution in [2.75, 3.05) is 0 Å². The van der Waals surface area contributed by atoms with Gasteiger partial charge in [0.25, 0.3) is 0 Å². The number of nitrogens with zero attached hydrogens (tertiary/aromatic N) is 2. The zero-order valence-electron chi connectivity index (χ0n) is 11.7. The van der Waals surface area contributed by atoms with Crippen LogP contribution in [0, 0.1) is 0 Å². The van der Waals surface area contributed by atoms with E-state index in [1.165, 1.54) is 6.07 Å². The Balaban J connectivity index is 2.19. The fourth-order valence-corrected chi connectivity index (χ4v) is 2.14. The molecular formula is C17H11F3N2O. The van der Waals surface area contributed by atoms with E-state index in [9.17, 15) is 18.3 Å². The Hall–Kier alpha value is -2.89. The third kappa shape index (κ3) is 3.15. The highest BCUT2D eigenvalue weighted by molar-refractivity contribution is 5.80.